The van der Waals surface area contributed by atoms with Gasteiger partial charge in [0, 0.05) is 13.0 Å². The minimum atomic E-state index is 0.898. The van der Waals surface area contributed by atoms with E-state index in [2.05, 4.69) is 57.8 Å². The Morgan fingerprint density at radius 1 is 1.00 bits per heavy atom. The number of nitrogens with zero attached hydrogens (tertiary/aromatic N) is 1. The van der Waals surface area contributed by atoms with Crippen molar-refractivity contribution in [1.82, 2.24) is 15.3 Å². The van der Waals surface area contributed by atoms with E-state index in [9.17, 15) is 0 Å². The summed E-state index contributed by atoms with van der Waals surface area (Å²) in [5.41, 5.74) is 3.42. The summed E-state index contributed by atoms with van der Waals surface area (Å²) in [7, 11) is 0. The van der Waals surface area contributed by atoms with E-state index in [-0.39, 0.29) is 0 Å². The molecule has 1 aromatic heterocycles. The molecule has 22 heavy (non-hydrogen) atoms. The van der Waals surface area contributed by atoms with Crippen LogP contribution in [0.2, 0.25) is 0 Å². The number of nitrogens with one attached hydrogen (secondary N) is 2. The van der Waals surface area contributed by atoms with Crippen molar-refractivity contribution in [3.05, 3.63) is 72.1 Å². The van der Waals surface area contributed by atoms with Crippen LogP contribution in [0.5, 0.6) is 0 Å². The highest BCUT2D eigenvalue weighted by Crippen LogP contribution is 2.11. The second-order valence-electron chi connectivity index (χ2n) is 5.32. The van der Waals surface area contributed by atoms with Crippen molar-refractivity contribution in [2.24, 2.45) is 0 Å². The van der Waals surface area contributed by atoms with Crippen LogP contribution in [0.4, 0.5) is 0 Å². The molecule has 3 rings (SSSR count). The van der Waals surface area contributed by atoms with Crippen molar-refractivity contribution in [3.8, 4) is 0 Å². The molecule has 2 N–H and O–H groups in total. The molecular weight excluding hydrogens is 270 g/mol. The molecule has 0 spiro atoms. The lowest BCUT2D eigenvalue weighted by molar-refractivity contribution is 0.681. The summed E-state index contributed by atoms with van der Waals surface area (Å²) in [4.78, 5) is 7.96. The van der Waals surface area contributed by atoms with E-state index in [0.717, 1.165) is 42.8 Å². The molecule has 0 aliphatic rings. The Kier molecular flexibility index (Phi) is 5.00. The van der Waals surface area contributed by atoms with Crippen molar-refractivity contribution >= 4 is 17.1 Å². The second kappa shape index (κ2) is 7.57. The monoisotopic (exact) mass is 291 g/mol. The first-order chi connectivity index (χ1) is 10.9. The average molecular weight is 291 g/mol. The zero-order valence-corrected chi connectivity index (χ0v) is 12.6. The van der Waals surface area contributed by atoms with Crippen LogP contribution in [0.15, 0.2) is 60.7 Å². The topological polar surface area (TPSA) is 40.7 Å². The summed E-state index contributed by atoms with van der Waals surface area (Å²) in [6.07, 6.45) is 6.37. The number of aromatic nitrogens is 2. The molecule has 0 aliphatic heterocycles. The number of hydrogen-bond donors (Lipinski definition) is 2. The van der Waals surface area contributed by atoms with Gasteiger partial charge in [-0.1, -0.05) is 54.6 Å². The van der Waals surface area contributed by atoms with Crippen LogP contribution < -0.4 is 5.32 Å². The van der Waals surface area contributed by atoms with E-state index in [1.807, 2.05) is 24.3 Å². The summed E-state index contributed by atoms with van der Waals surface area (Å²) in [5.74, 6) is 1.07. The smallest absolute Gasteiger partial charge is 0.107 e. The number of rotatable bonds is 7. The third kappa shape index (κ3) is 4.06. The Morgan fingerprint density at radius 3 is 2.68 bits per heavy atom. The summed E-state index contributed by atoms with van der Waals surface area (Å²) in [6.45, 7) is 1.89. The Balaban J connectivity index is 1.36. The first kappa shape index (κ1) is 14.5. The molecule has 0 bridgehead atoms. The van der Waals surface area contributed by atoms with E-state index in [1.54, 1.807) is 0 Å². The zero-order valence-electron chi connectivity index (χ0n) is 12.6. The lowest BCUT2D eigenvalue weighted by Crippen LogP contribution is -2.15. The number of para-hydroxylation sites is 2. The van der Waals surface area contributed by atoms with Gasteiger partial charge in [-0.2, -0.15) is 0 Å². The number of fused-ring (bicyclic) bond motifs is 1. The van der Waals surface area contributed by atoms with Gasteiger partial charge in [-0.3, -0.25) is 0 Å². The van der Waals surface area contributed by atoms with Gasteiger partial charge in [-0.15, -0.1) is 0 Å². The fraction of sp³-hybridized carbons (Fsp3) is 0.211. The molecule has 0 saturated carbocycles. The van der Waals surface area contributed by atoms with E-state index < -0.39 is 0 Å². The van der Waals surface area contributed by atoms with Gasteiger partial charge in [0.15, 0.2) is 0 Å². The highest BCUT2D eigenvalue weighted by Gasteiger charge is 2.00. The fourth-order valence-electron chi connectivity index (χ4n) is 2.45. The largest absolute Gasteiger partial charge is 0.342 e. The van der Waals surface area contributed by atoms with Crippen molar-refractivity contribution in [2.45, 2.75) is 12.8 Å². The fourth-order valence-corrected chi connectivity index (χ4v) is 2.45. The minimum Gasteiger partial charge on any atom is -0.342 e. The maximum atomic E-state index is 4.59. The van der Waals surface area contributed by atoms with Crippen LogP contribution in [0.25, 0.3) is 17.1 Å². The number of aryl methyl sites for hydroxylation is 1. The van der Waals surface area contributed by atoms with E-state index in [4.69, 9.17) is 0 Å². The second-order valence-corrected chi connectivity index (χ2v) is 5.32. The number of benzene rings is 2. The third-order valence-electron chi connectivity index (χ3n) is 3.58. The molecule has 0 unspecified atom stereocenters. The Labute approximate surface area is 131 Å². The van der Waals surface area contributed by atoms with Gasteiger partial charge < -0.3 is 10.3 Å². The van der Waals surface area contributed by atoms with Gasteiger partial charge in [0.05, 0.1) is 11.0 Å². The van der Waals surface area contributed by atoms with Crippen molar-refractivity contribution < 1.29 is 0 Å². The molecule has 2 aromatic carbocycles. The number of aromatic amines is 1. The molecule has 0 saturated heterocycles. The quantitative estimate of drug-likeness (QED) is 0.650. The first-order valence-electron chi connectivity index (χ1n) is 7.78. The minimum absolute atomic E-state index is 0.898. The van der Waals surface area contributed by atoms with Gasteiger partial charge in [0.2, 0.25) is 0 Å². The van der Waals surface area contributed by atoms with E-state index in [0.29, 0.717) is 0 Å². The van der Waals surface area contributed by atoms with Gasteiger partial charge in [-0.05, 0) is 30.7 Å². The maximum absolute atomic E-state index is 4.59. The molecular formula is C19H21N3. The van der Waals surface area contributed by atoms with Gasteiger partial charge >= 0.3 is 0 Å². The predicted molar refractivity (Wildman–Crippen MR) is 92.8 cm³/mol. The maximum Gasteiger partial charge on any atom is 0.107 e. The van der Waals surface area contributed by atoms with Crippen LogP contribution >= 0.6 is 0 Å². The molecule has 3 heteroatoms. The first-order valence-corrected chi connectivity index (χ1v) is 7.78. The van der Waals surface area contributed by atoms with E-state index in [1.165, 1.54) is 5.56 Å². The summed E-state index contributed by atoms with van der Waals surface area (Å²) >= 11 is 0. The molecule has 112 valence electrons. The molecule has 0 radical (unpaired) electrons. The molecule has 0 amide bonds. The zero-order chi connectivity index (χ0) is 15.0. The summed E-state index contributed by atoms with van der Waals surface area (Å²) in [6, 6.07) is 18.5. The highest BCUT2D eigenvalue weighted by atomic mass is 14.9. The van der Waals surface area contributed by atoms with Gasteiger partial charge in [0.25, 0.3) is 0 Å². The van der Waals surface area contributed by atoms with Crippen molar-refractivity contribution in [2.75, 3.05) is 13.1 Å². The van der Waals surface area contributed by atoms with Crippen LogP contribution in [0.1, 0.15) is 17.8 Å². The van der Waals surface area contributed by atoms with Gasteiger partial charge in [0.1, 0.15) is 5.82 Å². The molecule has 0 aliphatic carbocycles. The number of hydrogen-bond acceptors (Lipinski definition) is 2. The van der Waals surface area contributed by atoms with Crippen LogP contribution in [-0.4, -0.2) is 23.1 Å². The lowest BCUT2D eigenvalue weighted by atomic mass is 10.2. The van der Waals surface area contributed by atoms with Crippen molar-refractivity contribution in [1.29, 1.82) is 0 Å². The van der Waals surface area contributed by atoms with E-state index >= 15 is 0 Å². The molecule has 0 fully saturated rings. The lowest BCUT2D eigenvalue weighted by Gasteiger charge is -2.00. The Bertz CT molecular complexity index is 696. The standard InChI is InChI=1S/C19H21N3/c1-2-8-16(9-3-1)10-6-14-20-15-7-13-19-21-17-11-4-5-12-18(17)22-19/h1-6,8-12,20H,7,13-15H2,(H,21,22). The molecule has 3 aromatic rings. The Hall–Kier alpha value is -2.39. The number of imidazole rings is 1. The average Bonchev–Trinajstić information content (AvgIpc) is 2.97. The predicted octanol–water partition coefficient (Wildman–Crippen LogP) is 3.80. The SMILES string of the molecule is C(=Cc1ccccc1)CNCCCc1nc2ccccc2[nH]1. The number of H-pyrrole nitrogens is 1. The van der Waals surface area contributed by atoms with Gasteiger partial charge in [-0.25, -0.2) is 4.98 Å². The molecule has 3 nitrogen and oxygen atoms in total. The third-order valence-corrected chi connectivity index (χ3v) is 3.58. The van der Waals surface area contributed by atoms with Crippen LogP contribution in [0, 0.1) is 0 Å². The Morgan fingerprint density at radius 2 is 1.82 bits per heavy atom. The summed E-state index contributed by atoms with van der Waals surface area (Å²) in [5, 5.41) is 3.43. The summed E-state index contributed by atoms with van der Waals surface area (Å²) < 4.78 is 0. The molecule has 1 heterocycles. The van der Waals surface area contributed by atoms with Crippen molar-refractivity contribution in [3.63, 3.8) is 0 Å². The normalized spacial score (nSPS) is 11.5. The van der Waals surface area contributed by atoms with Crippen LogP contribution in [-0.2, 0) is 6.42 Å². The van der Waals surface area contributed by atoms with Crippen LogP contribution in [0.3, 0.4) is 0 Å². The highest BCUT2D eigenvalue weighted by molar-refractivity contribution is 5.74. The molecule has 0 atom stereocenters.